The third kappa shape index (κ3) is 8.91. The number of ketones is 1. The van der Waals surface area contributed by atoms with Crippen LogP contribution in [0.5, 0.6) is 0 Å². The first-order chi connectivity index (χ1) is 20.0. The van der Waals surface area contributed by atoms with Crippen molar-refractivity contribution in [1.29, 1.82) is 0 Å². The first-order valence-electron chi connectivity index (χ1n) is 14.3. The summed E-state index contributed by atoms with van der Waals surface area (Å²) in [6.07, 6.45) is 2.68. The summed E-state index contributed by atoms with van der Waals surface area (Å²) in [5, 5.41) is 9.00. The van der Waals surface area contributed by atoms with Gasteiger partial charge in [0.1, 0.15) is 0 Å². The molecule has 5 rings (SSSR count). The van der Waals surface area contributed by atoms with Crippen LogP contribution < -0.4 is 15.9 Å². The van der Waals surface area contributed by atoms with E-state index in [0.29, 0.717) is 22.8 Å². The minimum Gasteiger partial charge on any atom is -0.369 e. The van der Waals surface area contributed by atoms with Gasteiger partial charge >= 0.3 is 5.69 Å². The minimum absolute atomic E-state index is 0.0635. The van der Waals surface area contributed by atoms with Crippen molar-refractivity contribution < 1.29 is 4.79 Å². The number of fused-ring (bicyclic) bond motifs is 1. The molecule has 1 atom stereocenters. The Morgan fingerprint density at radius 1 is 0.929 bits per heavy atom. The number of nitrogens with zero attached hydrogens (tertiary/aromatic N) is 5. The maximum atomic E-state index is 12.3. The Hall–Kier alpha value is -3.17. The number of nitrogens with one attached hydrogen (secondary N) is 1. The first-order valence-corrected chi connectivity index (χ1v) is 15.1. The maximum absolute atomic E-state index is 12.3. The molecule has 0 aliphatic carbocycles. The standard InChI is InChI=1S/C19H22ClN5O.C13H18ClNO/c20-16-5-3-6-17(15-16)23-13-11-22(12-14-23)8-4-10-25-19(26)24-9-2-1-7-18(24)21-25;1-9(15-13(2,3)4)12(16)10-6-5-7-11(14)8-10/h1-3,5-7,9,15H,4,8,10-14H2;5-9,15H,1-4H3. The highest BCUT2D eigenvalue weighted by Crippen LogP contribution is 2.21. The molecular weight excluding hydrogens is 571 g/mol. The molecule has 1 unspecified atom stereocenters. The van der Waals surface area contributed by atoms with Gasteiger partial charge in [0.2, 0.25) is 0 Å². The summed E-state index contributed by atoms with van der Waals surface area (Å²) in [6.45, 7) is 13.6. The Kier molecular flexibility index (Phi) is 10.8. The van der Waals surface area contributed by atoms with Gasteiger partial charge in [0, 0.05) is 72.3 Å². The smallest absolute Gasteiger partial charge is 0.350 e. The third-order valence-corrected chi connectivity index (χ3v) is 7.50. The summed E-state index contributed by atoms with van der Waals surface area (Å²) < 4.78 is 3.15. The van der Waals surface area contributed by atoms with Crippen molar-refractivity contribution in [1.82, 2.24) is 24.4 Å². The van der Waals surface area contributed by atoms with E-state index in [1.54, 1.807) is 39.5 Å². The van der Waals surface area contributed by atoms with Crippen LogP contribution in [0.3, 0.4) is 0 Å². The molecule has 224 valence electrons. The zero-order valence-electron chi connectivity index (χ0n) is 24.8. The number of rotatable bonds is 8. The van der Waals surface area contributed by atoms with Crippen molar-refractivity contribution in [3.63, 3.8) is 0 Å². The number of hydrogen-bond acceptors (Lipinski definition) is 6. The van der Waals surface area contributed by atoms with E-state index < -0.39 is 0 Å². The fourth-order valence-corrected chi connectivity index (χ4v) is 5.44. The molecule has 42 heavy (non-hydrogen) atoms. The van der Waals surface area contributed by atoms with E-state index in [0.717, 1.165) is 44.2 Å². The molecule has 1 saturated heterocycles. The predicted molar refractivity (Wildman–Crippen MR) is 172 cm³/mol. The number of benzene rings is 2. The Bertz CT molecular complexity index is 1540. The Morgan fingerprint density at radius 2 is 1.62 bits per heavy atom. The lowest BCUT2D eigenvalue weighted by Gasteiger charge is -2.36. The molecule has 1 aliphatic heterocycles. The first kappa shape index (κ1) is 31.8. The van der Waals surface area contributed by atoms with Gasteiger partial charge in [-0.2, -0.15) is 0 Å². The Labute approximate surface area is 257 Å². The number of aromatic nitrogens is 3. The molecule has 8 nitrogen and oxygen atoms in total. The molecule has 4 aromatic rings. The van der Waals surface area contributed by atoms with Crippen LogP contribution in [0.4, 0.5) is 5.69 Å². The Balaban J connectivity index is 0.000000219. The highest BCUT2D eigenvalue weighted by Gasteiger charge is 2.21. The number of halogens is 2. The molecule has 0 amide bonds. The monoisotopic (exact) mass is 610 g/mol. The van der Waals surface area contributed by atoms with E-state index in [4.69, 9.17) is 23.2 Å². The minimum atomic E-state index is -0.210. The second kappa shape index (κ2) is 14.3. The van der Waals surface area contributed by atoms with Crippen LogP contribution in [0, 0.1) is 0 Å². The quantitative estimate of drug-likeness (QED) is 0.259. The van der Waals surface area contributed by atoms with Gasteiger partial charge < -0.3 is 10.2 Å². The van der Waals surface area contributed by atoms with Crippen molar-refractivity contribution in [2.45, 2.75) is 52.2 Å². The number of piperazine rings is 1. The zero-order chi connectivity index (χ0) is 30.3. The van der Waals surface area contributed by atoms with Crippen molar-refractivity contribution >= 4 is 40.3 Å². The van der Waals surface area contributed by atoms with Crippen molar-refractivity contribution in [2.75, 3.05) is 37.6 Å². The van der Waals surface area contributed by atoms with E-state index in [1.807, 2.05) is 64.1 Å². The molecule has 2 aromatic heterocycles. The fourth-order valence-electron chi connectivity index (χ4n) is 5.07. The molecule has 10 heteroatoms. The van der Waals surface area contributed by atoms with Crippen LogP contribution >= 0.6 is 23.2 Å². The number of carbonyl (C=O) groups is 1. The lowest BCUT2D eigenvalue weighted by atomic mass is 10.0. The number of aryl methyl sites for hydroxylation is 1. The number of hydrogen-bond donors (Lipinski definition) is 1. The van der Waals surface area contributed by atoms with Crippen LogP contribution in [0.25, 0.3) is 5.65 Å². The third-order valence-electron chi connectivity index (χ3n) is 7.03. The van der Waals surface area contributed by atoms with Crippen molar-refractivity contribution in [3.05, 3.63) is 99.0 Å². The predicted octanol–water partition coefficient (Wildman–Crippen LogP) is 5.66. The highest BCUT2D eigenvalue weighted by molar-refractivity contribution is 6.31. The molecule has 1 N–H and O–H groups in total. The lowest BCUT2D eigenvalue weighted by Crippen LogP contribution is -2.46. The number of carbonyl (C=O) groups excluding carboxylic acids is 1. The van der Waals surface area contributed by atoms with Gasteiger partial charge in [-0.15, -0.1) is 5.10 Å². The van der Waals surface area contributed by atoms with E-state index in [1.165, 1.54) is 5.69 Å². The molecule has 0 radical (unpaired) electrons. The molecule has 0 bridgehead atoms. The van der Waals surface area contributed by atoms with E-state index in [9.17, 15) is 9.59 Å². The van der Waals surface area contributed by atoms with E-state index in [-0.39, 0.29) is 23.1 Å². The van der Waals surface area contributed by atoms with Crippen LogP contribution in [0.15, 0.2) is 77.7 Å². The topological polar surface area (TPSA) is 74.9 Å². The summed E-state index contributed by atoms with van der Waals surface area (Å²) in [7, 11) is 0. The van der Waals surface area contributed by atoms with Gasteiger partial charge in [-0.05, 0) is 76.6 Å². The summed E-state index contributed by atoms with van der Waals surface area (Å²) in [4.78, 5) is 29.1. The SMILES string of the molecule is CC(NC(C)(C)C)C(=O)c1cccc(Cl)c1.O=c1n(CCCN2CCN(c3cccc(Cl)c3)CC2)nc2ccccn12. The molecule has 0 spiro atoms. The van der Waals surface area contributed by atoms with Crippen LogP contribution in [0.2, 0.25) is 10.0 Å². The second-order valence-corrected chi connectivity index (χ2v) is 12.5. The fraction of sp³-hybridized carbons (Fsp3) is 0.406. The summed E-state index contributed by atoms with van der Waals surface area (Å²) in [6, 6.07) is 20.5. The van der Waals surface area contributed by atoms with Gasteiger partial charge in [0.05, 0.1) is 6.04 Å². The van der Waals surface area contributed by atoms with Gasteiger partial charge in [-0.1, -0.05) is 47.5 Å². The van der Waals surface area contributed by atoms with Gasteiger partial charge in [0.25, 0.3) is 0 Å². The van der Waals surface area contributed by atoms with Crippen molar-refractivity contribution in [2.24, 2.45) is 0 Å². The number of Topliss-reactive ketones (excluding diaryl/α,β-unsaturated/α-hetero) is 1. The summed E-state index contributed by atoms with van der Waals surface area (Å²) in [5.74, 6) is 0.0671. The largest absolute Gasteiger partial charge is 0.369 e. The molecule has 1 fully saturated rings. The maximum Gasteiger partial charge on any atom is 0.350 e. The molecule has 1 aliphatic rings. The average Bonchev–Trinajstić information content (AvgIpc) is 3.27. The van der Waals surface area contributed by atoms with Crippen molar-refractivity contribution in [3.8, 4) is 0 Å². The number of pyridine rings is 1. The molecule has 3 heterocycles. The number of anilines is 1. The van der Waals surface area contributed by atoms with E-state index in [2.05, 4.69) is 26.3 Å². The molecular formula is C32H40Cl2N6O2. The van der Waals surface area contributed by atoms with Crippen LogP contribution in [-0.4, -0.2) is 69.2 Å². The lowest BCUT2D eigenvalue weighted by molar-refractivity contribution is 0.0935. The molecule has 0 saturated carbocycles. The highest BCUT2D eigenvalue weighted by atomic mass is 35.5. The van der Waals surface area contributed by atoms with Crippen LogP contribution in [0.1, 0.15) is 44.5 Å². The average molecular weight is 612 g/mol. The summed E-state index contributed by atoms with van der Waals surface area (Å²) >= 11 is 11.9. The zero-order valence-corrected chi connectivity index (χ0v) is 26.3. The normalized spacial score (nSPS) is 14.9. The Morgan fingerprint density at radius 3 is 2.26 bits per heavy atom. The summed E-state index contributed by atoms with van der Waals surface area (Å²) in [5.41, 5.74) is 2.40. The van der Waals surface area contributed by atoms with Gasteiger partial charge in [0.15, 0.2) is 11.4 Å². The molecule has 2 aromatic carbocycles. The van der Waals surface area contributed by atoms with Crippen LogP contribution in [-0.2, 0) is 6.54 Å². The second-order valence-electron chi connectivity index (χ2n) is 11.6. The van der Waals surface area contributed by atoms with Gasteiger partial charge in [-0.3, -0.25) is 14.1 Å². The van der Waals surface area contributed by atoms with E-state index >= 15 is 0 Å². The van der Waals surface area contributed by atoms with Gasteiger partial charge in [-0.25, -0.2) is 9.48 Å².